The molecule has 0 spiro atoms. The summed E-state index contributed by atoms with van der Waals surface area (Å²) < 4.78 is 5.35. The van der Waals surface area contributed by atoms with E-state index in [0.717, 1.165) is 0 Å². The molecule has 17 heavy (non-hydrogen) atoms. The lowest BCUT2D eigenvalue weighted by atomic mass is 10.2. The van der Waals surface area contributed by atoms with Gasteiger partial charge in [-0.25, -0.2) is 0 Å². The number of aliphatic hydroxyl groups is 1. The van der Waals surface area contributed by atoms with Gasteiger partial charge >= 0.3 is 6.01 Å². The van der Waals surface area contributed by atoms with Gasteiger partial charge < -0.3 is 20.9 Å². The lowest BCUT2D eigenvalue weighted by Crippen LogP contribution is -2.20. The second-order valence-corrected chi connectivity index (χ2v) is 4.02. The first kappa shape index (κ1) is 13.4. The number of anilines is 2. The van der Waals surface area contributed by atoms with Crippen LogP contribution in [0.5, 0.6) is 6.01 Å². The van der Waals surface area contributed by atoms with Gasteiger partial charge in [0.2, 0.25) is 11.9 Å². The van der Waals surface area contributed by atoms with Crippen molar-refractivity contribution in [2.75, 3.05) is 17.7 Å². The molecule has 0 radical (unpaired) electrons. The Kier molecular flexibility index (Phi) is 4.89. The third-order valence-electron chi connectivity index (χ3n) is 1.91. The molecule has 0 saturated heterocycles. The SMILES string of the molecule is CC(CCO)Nc1nc(N)nc(OC(C)C)n1. The van der Waals surface area contributed by atoms with Gasteiger partial charge in [-0.1, -0.05) is 0 Å². The summed E-state index contributed by atoms with van der Waals surface area (Å²) in [6.07, 6.45) is 0.575. The highest BCUT2D eigenvalue weighted by molar-refractivity contribution is 5.33. The smallest absolute Gasteiger partial charge is 0.323 e. The number of nitrogens with two attached hydrogens (primary N) is 1. The van der Waals surface area contributed by atoms with Crippen molar-refractivity contribution >= 4 is 11.9 Å². The number of hydrogen-bond acceptors (Lipinski definition) is 7. The molecule has 0 aliphatic rings. The van der Waals surface area contributed by atoms with Crippen molar-refractivity contribution in [1.29, 1.82) is 0 Å². The highest BCUT2D eigenvalue weighted by atomic mass is 16.5. The Morgan fingerprint density at radius 2 is 2.00 bits per heavy atom. The fraction of sp³-hybridized carbons (Fsp3) is 0.700. The average molecular weight is 241 g/mol. The van der Waals surface area contributed by atoms with Crippen LogP contribution in [-0.2, 0) is 0 Å². The Hall–Kier alpha value is -1.63. The molecule has 0 amide bonds. The summed E-state index contributed by atoms with van der Waals surface area (Å²) in [5.41, 5.74) is 5.55. The number of aliphatic hydroxyl groups excluding tert-OH is 1. The van der Waals surface area contributed by atoms with Crippen molar-refractivity contribution in [3.63, 3.8) is 0 Å². The molecular weight excluding hydrogens is 222 g/mol. The van der Waals surface area contributed by atoms with Crippen LogP contribution in [0, 0.1) is 0 Å². The minimum atomic E-state index is -0.0282. The lowest BCUT2D eigenvalue weighted by Gasteiger charge is -2.13. The summed E-state index contributed by atoms with van der Waals surface area (Å²) in [6, 6.07) is 0.250. The van der Waals surface area contributed by atoms with Crippen LogP contribution >= 0.6 is 0 Å². The zero-order valence-electron chi connectivity index (χ0n) is 10.3. The van der Waals surface area contributed by atoms with Crippen LogP contribution in [0.4, 0.5) is 11.9 Å². The normalized spacial score (nSPS) is 12.5. The predicted octanol–water partition coefficient (Wildman–Crippen LogP) is 0.424. The van der Waals surface area contributed by atoms with E-state index in [1.807, 2.05) is 20.8 Å². The van der Waals surface area contributed by atoms with E-state index in [4.69, 9.17) is 15.6 Å². The summed E-state index contributed by atoms with van der Waals surface area (Å²) >= 11 is 0. The van der Waals surface area contributed by atoms with E-state index >= 15 is 0 Å². The van der Waals surface area contributed by atoms with Crippen LogP contribution in [0.25, 0.3) is 0 Å². The van der Waals surface area contributed by atoms with Crippen molar-refractivity contribution in [2.45, 2.75) is 39.3 Å². The molecule has 0 aliphatic carbocycles. The van der Waals surface area contributed by atoms with Crippen LogP contribution in [0.3, 0.4) is 0 Å². The maximum absolute atomic E-state index is 8.80. The number of aromatic nitrogens is 3. The summed E-state index contributed by atoms with van der Waals surface area (Å²) in [6.45, 7) is 5.77. The molecule has 0 saturated carbocycles. The Morgan fingerprint density at radius 3 is 2.59 bits per heavy atom. The minimum Gasteiger partial charge on any atom is -0.461 e. The standard InChI is InChI=1S/C10H19N5O2/c1-6(2)17-10-14-8(11)13-9(15-10)12-7(3)4-5-16/h6-7,16H,4-5H2,1-3H3,(H3,11,12,13,14,15). The Labute approximate surface area is 100 Å². The number of rotatable bonds is 6. The molecule has 1 rings (SSSR count). The van der Waals surface area contributed by atoms with Gasteiger partial charge in [-0.3, -0.25) is 0 Å². The van der Waals surface area contributed by atoms with Gasteiger partial charge in [0.05, 0.1) is 6.10 Å². The van der Waals surface area contributed by atoms with Crippen molar-refractivity contribution < 1.29 is 9.84 Å². The van der Waals surface area contributed by atoms with Gasteiger partial charge in [0.25, 0.3) is 0 Å². The molecule has 0 bridgehead atoms. The summed E-state index contributed by atoms with van der Waals surface area (Å²) in [5.74, 6) is 0.462. The molecule has 0 fully saturated rings. The highest BCUT2D eigenvalue weighted by Crippen LogP contribution is 2.11. The molecule has 1 heterocycles. The summed E-state index contributed by atoms with van der Waals surface area (Å²) in [4.78, 5) is 11.9. The van der Waals surface area contributed by atoms with E-state index in [-0.39, 0.29) is 30.7 Å². The van der Waals surface area contributed by atoms with Crippen LogP contribution in [0.15, 0.2) is 0 Å². The second kappa shape index (κ2) is 6.19. The van der Waals surface area contributed by atoms with E-state index in [1.165, 1.54) is 0 Å². The molecule has 7 nitrogen and oxygen atoms in total. The van der Waals surface area contributed by atoms with E-state index in [9.17, 15) is 0 Å². The quantitative estimate of drug-likeness (QED) is 0.662. The Balaban J connectivity index is 2.74. The first-order chi connectivity index (χ1) is 8.01. The minimum absolute atomic E-state index is 0.0282. The third-order valence-corrected chi connectivity index (χ3v) is 1.91. The number of ether oxygens (including phenoxy) is 1. The third kappa shape index (κ3) is 4.81. The topological polar surface area (TPSA) is 106 Å². The van der Waals surface area contributed by atoms with Crippen LogP contribution < -0.4 is 15.8 Å². The van der Waals surface area contributed by atoms with Crippen LogP contribution in [0.1, 0.15) is 27.2 Å². The zero-order chi connectivity index (χ0) is 12.8. The first-order valence-corrected chi connectivity index (χ1v) is 5.57. The fourth-order valence-corrected chi connectivity index (χ4v) is 1.19. The van der Waals surface area contributed by atoms with E-state index in [2.05, 4.69) is 20.3 Å². The predicted molar refractivity (Wildman–Crippen MR) is 64.8 cm³/mol. The van der Waals surface area contributed by atoms with Gasteiger partial charge in [-0.05, 0) is 27.2 Å². The van der Waals surface area contributed by atoms with E-state index < -0.39 is 0 Å². The second-order valence-electron chi connectivity index (χ2n) is 4.02. The van der Waals surface area contributed by atoms with Gasteiger partial charge in [0, 0.05) is 12.6 Å². The highest BCUT2D eigenvalue weighted by Gasteiger charge is 2.09. The summed E-state index contributed by atoms with van der Waals surface area (Å²) in [5, 5.41) is 11.8. The van der Waals surface area contributed by atoms with Crippen molar-refractivity contribution in [3.8, 4) is 6.01 Å². The number of nitrogen functional groups attached to an aromatic ring is 1. The van der Waals surface area contributed by atoms with Crippen molar-refractivity contribution in [1.82, 2.24) is 15.0 Å². The maximum Gasteiger partial charge on any atom is 0.323 e. The summed E-state index contributed by atoms with van der Waals surface area (Å²) in [7, 11) is 0. The number of nitrogens with zero attached hydrogens (tertiary/aromatic N) is 3. The molecule has 0 aromatic carbocycles. The largest absolute Gasteiger partial charge is 0.461 e. The molecule has 1 aromatic heterocycles. The van der Waals surface area contributed by atoms with E-state index in [1.54, 1.807) is 0 Å². The monoisotopic (exact) mass is 241 g/mol. The van der Waals surface area contributed by atoms with Crippen LogP contribution in [0.2, 0.25) is 0 Å². The van der Waals surface area contributed by atoms with Gasteiger partial charge in [-0.2, -0.15) is 15.0 Å². The maximum atomic E-state index is 8.80. The molecule has 96 valence electrons. The number of nitrogens with one attached hydrogen (secondary N) is 1. The molecule has 4 N–H and O–H groups in total. The Morgan fingerprint density at radius 1 is 1.29 bits per heavy atom. The van der Waals surface area contributed by atoms with Gasteiger partial charge in [-0.15, -0.1) is 0 Å². The molecule has 7 heteroatoms. The zero-order valence-corrected chi connectivity index (χ0v) is 10.3. The van der Waals surface area contributed by atoms with Gasteiger partial charge in [0.1, 0.15) is 0 Å². The van der Waals surface area contributed by atoms with E-state index in [0.29, 0.717) is 12.4 Å². The van der Waals surface area contributed by atoms with Crippen molar-refractivity contribution in [3.05, 3.63) is 0 Å². The molecule has 1 aromatic rings. The molecule has 1 atom stereocenters. The molecular formula is C10H19N5O2. The average Bonchev–Trinajstić information content (AvgIpc) is 2.14. The number of hydrogen-bond donors (Lipinski definition) is 3. The fourth-order valence-electron chi connectivity index (χ4n) is 1.19. The van der Waals surface area contributed by atoms with Crippen molar-refractivity contribution in [2.24, 2.45) is 0 Å². The first-order valence-electron chi connectivity index (χ1n) is 5.57. The Bertz CT molecular complexity index is 359. The molecule has 1 unspecified atom stereocenters. The lowest BCUT2D eigenvalue weighted by molar-refractivity contribution is 0.222. The molecule has 0 aliphatic heterocycles. The van der Waals surface area contributed by atoms with Crippen LogP contribution in [-0.4, -0.2) is 38.8 Å². The van der Waals surface area contributed by atoms with Gasteiger partial charge in [0.15, 0.2) is 0 Å².